The van der Waals surface area contributed by atoms with Crippen molar-refractivity contribution in [1.82, 2.24) is 15.3 Å². The molecule has 2 heterocycles. The Balaban J connectivity index is 1.47. The monoisotopic (exact) mass is 442 g/mol. The van der Waals surface area contributed by atoms with Crippen LogP contribution in [0.25, 0.3) is 10.9 Å². The molecule has 1 saturated carbocycles. The molecule has 32 heavy (non-hydrogen) atoms. The summed E-state index contributed by atoms with van der Waals surface area (Å²) in [5, 5.41) is 3.74. The summed E-state index contributed by atoms with van der Waals surface area (Å²) >= 11 is 0. The molecule has 0 saturated heterocycles. The fourth-order valence-corrected chi connectivity index (χ4v) is 4.33. The zero-order valence-corrected chi connectivity index (χ0v) is 18.0. The van der Waals surface area contributed by atoms with Crippen molar-refractivity contribution >= 4 is 22.5 Å². The van der Waals surface area contributed by atoms with Crippen LogP contribution in [0.3, 0.4) is 0 Å². The molecule has 1 aliphatic carbocycles. The van der Waals surface area contributed by atoms with E-state index in [4.69, 9.17) is 0 Å². The molecular formula is C24H25F3N4O. The fourth-order valence-electron chi connectivity index (χ4n) is 4.33. The third-order valence-electron chi connectivity index (χ3n) is 6.07. The number of fused-ring (bicyclic) bond motifs is 1. The standard InChI is InChI=1S/C24H25F3N4O/c1-15-6-5-9-20(28-15)23(32)29-16-10-12-17(13-11-16)31(2)21-14-22(24(25,26)27)30-19-8-4-3-7-18(19)21/h3-9,14,16-17H,10-13H2,1-2H3,(H,29,32). The van der Waals surface area contributed by atoms with E-state index < -0.39 is 11.9 Å². The molecule has 1 aromatic carbocycles. The summed E-state index contributed by atoms with van der Waals surface area (Å²) in [6, 6.07) is 13.5. The van der Waals surface area contributed by atoms with Gasteiger partial charge >= 0.3 is 6.18 Å². The number of nitrogens with zero attached hydrogens (tertiary/aromatic N) is 3. The first-order valence-corrected chi connectivity index (χ1v) is 10.7. The van der Waals surface area contributed by atoms with E-state index in [1.807, 2.05) is 24.9 Å². The largest absolute Gasteiger partial charge is 0.433 e. The summed E-state index contributed by atoms with van der Waals surface area (Å²) in [4.78, 5) is 22.5. The Labute approximate surface area is 184 Å². The lowest BCUT2D eigenvalue weighted by Gasteiger charge is -2.37. The molecule has 0 unspecified atom stereocenters. The number of amides is 1. The van der Waals surface area contributed by atoms with Gasteiger partial charge in [-0.05, 0) is 56.9 Å². The van der Waals surface area contributed by atoms with E-state index in [1.165, 1.54) is 0 Å². The number of carbonyl (C=O) groups is 1. The van der Waals surface area contributed by atoms with E-state index in [0.29, 0.717) is 22.3 Å². The summed E-state index contributed by atoms with van der Waals surface area (Å²) in [6.07, 6.45) is -1.48. The van der Waals surface area contributed by atoms with Crippen molar-refractivity contribution in [3.05, 3.63) is 65.6 Å². The van der Waals surface area contributed by atoms with Crippen LogP contribution >= 0.6 is 0 Å². The normalized spacial score (nSPS) is 19.0. The number of aryl methyl sites for hydroxylation is 1. The molecule has 5 nitrogen and oxygen atoms in total. The Morgan fingerprint density at radius 1 is 1.03 bits per heavy atom. The van der Waals surface area contributed by atoms with E-state index >= 15 is 0 Å². The second-order valence-electron chi connectivity index (χ2n) is 8.30. The summed E-state index contributed by atoms with van der Waals surface area (Å²) in [5.41, 5.74) is 1.15. The van der Waals surface area contributed by atoms with Gasteiger partial charge in [0.1, 0.15) is 11.4 Å². The van der Waals surface area contributed by atoms with Gasteiger partial charge in [0.15, 0.2) is 0 Å². The van der Waals surface area contributed by atoms with Gasteiger partial charge in [-0.1, -0.05) is 24.3 Å². The highest BCUT2D eigenvalue weighted by atomic mass is 19.4. The van der Waals surface area contributed by atoms with Gasteiger partial charge in [0.2, 0.25) is 0 Å². The summed E-state index contributed by atoms with van der Waals surface area (Å²) in [6.45, 7) is 1.84. The Morgan fingerprint density at radius 2 is 1.75 bits per heavy atom. The van der Waals surface area contributed by atoms with Gasteiger partial charge in [-0.25, -0.2) is 9.97 Å². The Kier molecular flexibility index (Phi) is 6.04. The average molecular weight is 442 g/mol. The second-order valence-corrected chi connectivity index (χ2v) is 8.30. The maximum absolute atomic E-state index is 13.4. The minimum absolute atomic E-state index is 0.0226. The summed E-state index contributed by atoms with van der Waals surface area (Å²) in [7, 11) is 1.84. The van der Waals surface area contributed by atoms with Crippen LogP contribution in [-0.4, -0.2) is 35.0 Å². The summed E-state index contributed by atoms with van der Waals surface area (Å²) in [5.74, 6) is -0.194. The van der Waals surface area contributed by atoms with Crippen LogP contribution in [0.15, 0.2) is 48.5 Å². The minimum atomic E-state index is -4.51. The maximum atomic E-state index is 13.4. The zero-order chi connectivity index (χ0) is 22.9. The molecule has 1 fully saturated rings. The molecule has 1 N–H and O–H groups in total. The van der Waals surface area contributed by atoms with Crippen LogP contribution in [0.5, 0.6) is 0 Å². The first-order chi connectivity index (χ1) is 15.2. The van der Waals surface area contributed by atoms with E-state index in [-0.39, 0.29) is 18.0 Å². The van der Waals surface area contributed by atoms with Crippen LogP contribution in [0.4, 0.5) is 18.9 Å². The van der Waals surface area contributed by atoms with Crippen LogP contribution < -0.4 is 10.2 Å². The molecular weight excluding hydrogens is 417 g/mol. The van der Waals surface area contributed by atoms with Crippen LogP contribution in [0.2, 0.25) is 0 Å². The van der Waals surface area contributed by atoms with Crippen LogP contribution in [0, 0.1) is 6.92 Å². The fraction of sp³-hybridized carbons (Fsp3) is 0.375. The Hall–Kier alpha value is -3.16. The molecule has 2 aromatic heterocycles. The molecule has 0 aliphatic heterocycles. The van der Waals surface area contributed by atoms with Crippen molar-refractivity contribution in [2.24, 2.45) is 0 Å². The first-order valence-electron chi connectivity index (χ1n) is 10.7. The van der Waals surface area contributed by atoms with Crippen molar-refractivity contribution in [2.75, 3.05) is 11.9 Å². The third kappa shape index (κ3) is 4.69. The molecule has 0 bridgehead atoms. The van der Waals surface area contributed by atoms with E-state index in [1.54, 1.807) is 36.4 Å². The number of benzene rings is 1. The van der Waals surface area contributed by atoms with Crippen LogP contribution in [0.1, 0.15) is 47.6 Å². The van der Waals surface area contributed by atoms with Crippen molar-refractivity contribution in [1.29, 1.82) is 0 Å². The minimum Gasteiger partial charge on any atom is -0.371 e. The number of alkyl halides is 3. The smallest absolute Gasteiger partial charge is 0.371 e. The van der Waals surface area contributed by atoms with Gasteiger partial charge in [0.25, 0.3) is 5.91 Å². The molecule has 0 radical (unpaired) electrons. The maximum Gasteiger partial charge on any atom is 0.433 e. The van der Waals surface area contributed by atoms with Gasteiger partial charge < -0.3 is 10.2 Å². The zero-order valence-electron chi connectivity index (χ0n) is 18.0. The van der Waals surface area contributed by atoms with Crippen molar-refractivity contribution in [3.8, 4) is 0 Å². The number of carbonyl (C=O) groups excluding carboxylic acids is 1. The number of para-hydroxylation sites is 1. The average Bonchev–Trinajstić information content (AvgIpc) is 2.77. The Morgan fingerprint density at radius 3 is 2.44 bits per heavy atom. The van der Waals surface area contributed by atoms with Gasteiger partial charge in [0.05, 0.1) is 5.52 Å². The van der Waals surface area contributed by atoms with E-state index in [2.05, 4.69) is 15.3 Å². The lowest BCUT2D eigenvalue weighted by molar-refractivity contribution is -0.140. The van der Waals surface area contributed by atoms with E-state index in [0.717, 1.165) is 37.4 Å². The predicted octanol–water partition coefficient (Wildman–Crippen LogP) is 5.13. The van der Waals surface area contributed by atoms with Crippen molar-refractivity contribution in [3.63, 3.8) is 0 Å². The molecule has 1 amide bonds. The second kappa shape index (κ2) is 8.76. The molecule has 4 rings (SSSR count). The highest BCUT2D eigenvalue weighted by Crippen LogP contribution is 2.36. The lowest BCUT2D eigenvalue weighted by Crippen LogP contribution is -2.43. The number of halogens is 3. The number of pyridine rings is 2. The molecule has 0 atom stereocenters. The van der Waals surface area contributed by atoms with Crippen molar-refractivity contribution < 1.29 is 18.0 Å². The summed E-state index contributed by atoms with van der Waals surface area (Å²) < 4.78 is 40.2. The highest BCUT2D eigenvalue weighted by molar-refractivity contribution is 5.93. The number of rotatable bonds is 4. The topological polar surface area (TPSA) is 58.1 Å². The first kappa shape index (κ1) is 22.0. The third-order valence-corrected chi connectivity index (χ3v) is 6.07. The van der Waals surface area contributed by atoms with Crippen molar-refractivity contribution in [2.45, 2.75) is 50.9 Å². The number of nitrogens with one attached hydrogen (secondary N) is 1. The molecule has 168 valence electrons. The van der Waals surface area contributed by atoms with Gasteiger partial charge in [-0.3, -0.25) is 4.79 Å². The van der Waals surface area contributed by atoms with Gasteiger partial charge in [-0.15, -0.1) is 0 Å². The number of hydrogen-bond donors (Lipinski definition) is 1. The SMILES string of the molecule is Cc1cccc(C(=O)NC2CCC(N(C)c3cc(C(F)(F)F)nc4ccccc34)CC2)n1. The quantitative estimate of drug-likeness (QED) is 0.608. The lowest BCUT2D eigenvalue weighted by atomic mass is 9.89. The number of aromatic nitrogens is 2. The molecule has 8 heteroatoms. The predicted molar refractivity (Wildman–Crippen MR) is 118 cm³/mol. The van der Waals surface area contributed by atoms with Gasteiger partial charge in [0, 0.05) is 35.9 Å². The Bertz CT molecular complexity index is 1120. The van der Waals surface area contributed by atoms with Crippen LogP contribution in [-0.2, 0) is 6.18 Å². The highest BCUT2D eigenvalue weighted by Gasteiger charge is 2.34. The molecule has 0 spiro atoms. The van der Waals surface area contributed by atoms with Gasteiger partial charge in [-0.2, -0.15) is 13.2 Å². The molecule has 1 aliphatic rings. The van der Waals surface area contributed by atoms with E-state index in [9.17, 15) is 18.0 Å². The number of hydrogen-bond acceptors (Lipinski definition) is 4. The number of anilines is 1. The molecule has 3 aromatic rings.